The van der Waals surface area contributed by atoms with E-state index in [9.17, 15) is 18.5 Å². The van der Waals surface area contributed by atoms with Gasteiger partial charge in [-0.1, -0.05) is 25.5 Å². The number of nitrogens with one attached hydrogen (secondary N) is 1. The van der Waals surface area contributed by atoms with E-state index in [2.05, 4.69) is 4.72 Å². The molecule has 1 aromatic carbocycles. The monoisotopic (exact) mass is 302 g/mol. The molecule has 0 radical (unpaired) electrons. The highest BCUT2D eigenvalue weighted by molar-refractivity contribution is 7.89. The van der Waals surface area contributed by atoms with Gasteiger partial charge in [-0.2, -0.15) is 0 Å². The smallest absolute Gasteiger partial charge is 0.289 e. The summed E-state index contributed by atoms with van der Waals surface area (Å²) in [6, 6.07) is 5.21. The molecule has 0 bridgehead atoms. The van der Waals surface area contributed by atoms with Gasteiger partial charge in [0.15, 0.2) is 4.90 Å². The Kier molecular flexibility index (Phi) is 6.05. The van der Waals surface area contributed by atoms with Crippen LogP contribution in [0.25, 0.3) is 0 Å². The van der Waals surface area contributed by atoms with Crippen molar-refractivity contribution in [3.8, 4) is 0 Å². The van der Waals surface area contributed by atoms with E-state index in [0.717, 1.165) is 6.07 Å². The topological polar surface area (TPSA) is 110 Å². The van der Waals surface area contributed by atoms with Crippen LogP contribution >= 0.6 is 0 Å². The first-order chi connectivity index (χ1) is 9.42. The predicted molar refractivity (Wildman–Crippen MR) is 73.8 cm³/mol. The van der Waals surface area contributed by atoms with Crippen molar-refractivity contribution in [2.24, 2.45) is 5.92 Å². The summed E-state index contributed by atoms with van der Waals surface area (Å²) in [5, 5.41) is 19.7. The Labute approximate surface area is 117 Å². The van der Waals surface area contributed by atoms with Crippen LogP contribution < -0.4 is 4.72 Å². The van der Waals surface area contributed by atoms with Crippen molar-refractivity contribution in [3.05, 3.63) is 34.4 Å². The second kappa shape index (κ2) is 7.32. The number of aliphatic hydroxyl groups excluding tert-OH is 1. The SMILES string of the molecule is CCC(CCO)CNS(=O)(=O)c1ccccc1[N+](=O)[O-]. The average Bonchev–Trinajstić information content (AvgIpc) is 2.43. The number of nitro benzene ring substituents is 1. The van der Waals surface area contributed by atoms with Crippen molar-refractivity contribution in [1.29, 1.82) is 0 Å². The quantitative estimate of drug-likeness (QED) is 0.555. The minimum Gasteiger partial charge on any atom is -0.396 e. The van der Waals surface area contributed by atoms with Gasteiger partial charge in [-0.15, -0.1) is 0 Å². The largest absolute Gasteiger partial charge is 0.396 e. The minimum atomic E-state index is -3.93. The standard InChI is InChI=1S/C12H18N2O5S/c1-2-10(7-8-15)9-13-20(18,19)12-6-4-3-5-11(12)14(16)17/h3-6,10,13,15H,2,7-9H2,1H3. The van der Waals surface area contributed by atoms with Crippen LogP contribution in [0.4, 0.5) is 5.69 Å². The molecule has 0 heterocycles. The van der Waals surface area contributed by atoms with E-state index in [1.165, 1.54) is 18.2 Å². The first kappa shape index (κ1) is 16.5. The van der Waals surface area contributed by atoms with E-state index in [4.69, 9.17) is 5.11 Å². The first-order valence-corrected chi connectivity index (χ1v) is 7.74. The van der Waals surface area contributed by atoms with E-state index in [0.29, 0.717) is 12.8 Å². The highest BCUT2D eigenvalue weighted by atomic mass is 32.2. The Balaban J connectivity index is 2.92. The molecule has 1 unspecified atom stereocenters. The van der Waals surface area contributed by atoms with Crippen LogP contribution in [0.1, 0.15) is 19.8 Å². The minimum absolute atomic E-state index is 0.00227. The number of sulfonamides is 1. The van der Waals surface area contributed by atoms with Crippen LogP contribution in [0.5, 0.6) is 0 Å². The molecule has 0 amide bonds. The first-order valence-electron chi connectivity index (χ1n) is 6.26. The lowest BCUT2D eigenvalue weighted by molar-refractivity contribution is -0.387. The number of aliphatic hydroxyl groups is 1. The lowest BCUT2D eigenvalue weighted by atomic mass is 10.0. The molecule has 20 heavy (non-hydrogen) atoms. The summed E-state index contributed by atoms with van der Waals surface area (Å²) in [6.07, 6.45) is 1.19. The molecule has 1 atom stereocenters. The van der Waals surface area contributed by atoms with Gasteiger partial charge in [0.05, 0.1) is 4.92 Å². The summed E-state index contributed by atoms with van der Waals surface area (Å²) < 4.78 is 26.6. The summed E-state index contributed by atoms with van der Waals surface area (Å²) in [7, 11) is -3.93. The van der Waals surface area contributed by atoms with Crippen LogP contribution in [0.15, 0.2) is 29.2 Å². The zero-order valence-corrected chi connectivity index (χ0v) is 12.0. The Hall–Kier alpha value is -1.51. The summed E-state index contributed by atoms with van der Waals surface area (Å²) in [5.74, 6) is -0.00227. The molecular weight excluding hydrogens is 284 g/mol. The van der Waals surface area contributed by atoms with Crippen LogP contribution in [0.2, 0.25) is 0 Å². The van der Waals surface area contributed by atoms with Gasteiger partial charge in [-0.25, -0.2) is 13.1 Å². The number of nitrogens with zero attached hydrogens (tertiary/aromatic N) is 1. The third-order valence-corrected chi connectivity index (χ3v) is 4.50. The lowest BCUT2D eigenvalue weighted by Crippen LogP contribution is -2.30. The molecule has 1 aromatic rings. The third kappa shape index (κ3) is 4.26. The van der Waals surface area contributed by atoms with Crippen molar-refractivity contribution in [2.45, 2.75) is 24.7 Å². The molecule has 112 valence electrons. The number of hydrogen-bond acceptors (Lipinski definition) is 5. The normalized spacial score (nSPS) is 13.1. The molecule has 0 aliphatic rings. The number of hydrogen-bond donors (Lipinski definition) is 2. The van der Waals surface area contributed by atoms with Crippen molar-refractivity contribution in [1.82, 2.24) is 4.72 Å². The highest BCUT2D eigenvalue weighted by Crippen LogP contribution is 2.22. The van der Waals surface area contributed by atoms with Crippen LogP contribution in [-0.2, 0) is 10.0 Å². The molecule has 2 N–H and O–H groups in total. The maximum absolute atomic E-state index is 12.1. The second-order valence-electron chi connectivity index (χ2n) is 4.36. The van der Waals surface area contributed by atoms with Crippen LogP contribution in [-0.4, -0.2) is 31.6 Å². The average molecular weight is 302 g/mol. The number of rotatable bonds is 8. The van der Waals surface area contributed by atoms with Crippen LogP contribution in [0.3, 0.4) is 0 Å². The van der Waals surface area contributed by atoms with Gasteiger partial charge in [0.2, 0.25) is 10.0 Å². The summed E-state index contributed by atoms with van der Waals surface area (Å²) in [4.78, 5) is 9.78. The number of para-hydroxylation sites is 1. The van der Waals surface area contributed by atoms with E-state index in [1.54, 1.807) is 0 Å². The Morgan fingerprint density at radius 2 is 2.05 bits per heavy atom. The molecule has 0 saturated heterocycles. The van der Waals surface area contributed by atoms with E-state index in [1.807, 2.05) is 6.92 Å². The van der Waals surface area contributed by atoms with Gasteiger partial charge in [-0.3, -0.25) is 10.1 Å². The summed E-state index contributed by atoms with van der Waals surface area (Å²) in [6.45, 7) is 2.01. The molecular formula is C12H18N2O5S. The van der Waals surface area contributed by atoms with Gasteiger partial charge in [0.25, 0.3) is 5.69 Å². The van der Waals surface area contributed by atoms with Gasteiger partial charge in [-0.05, 0) is 18.4 Å². The Bertz CT molecular complexity index is 559. The van der Waals surface area contributed by atoms with Gasteiger partial charge in [0, 0.05) is 19.2 Å². The van der Waals surface area contributed by atoms with Crippen LogP contribution in [0, 0.1) is 16.0 Å². The molecule has 0 fully saturated rings. The summed E-state index contributed by atoms with van der Waals surface area (Å²) >= 11 is 0. The lowest BCUT2D eigenvalue weighted by Gasteiger charge is -2.14. The molecule has 0 saturated carbocycles. The van der Waals surface area contributed by atoms with E-state index < -0.39 is 20.6 Å². The van der Waals surface area contributed by atoms with E-state index in [-0.39, 0.29) is 24.0 Å². The maximum Gasteiger partial charge on any atom is 0.289 e. The maximum atomic E-state index is 12.1. The molecule has 0 aliphatic heterocycles. The Morgan fingerprint density at radius 3 is 2.60 bits per heavy atom. The second-order valence-corrected chi connectivity index (χ2v) is 6.10. The van der Waals surface area contributed by atoms with Gasteiger partial charge in [0.1, 0.15) is 0 Å². The molecule has 8 heteroatoms. The molecule has 0 spiro atoms. The Morgan fingerprint density at radius 1 is 1.40 bits per heavy atom. The van der Waals surface area contributed by atoms with Crippen molar-refractivity contribution < 1.29 is 18.4 Å². The molecule has 7 nitrogen and oxygen atoms in total. The zero-order chi connectivity index (χ0) is 15.2. The number of nitro groups is 1. The highest BCUT2D eigenvalue weighted by Gasteiger charge is 2.25. The van der Waals surface area contributed by atoms with Crippen molar-refractivity contribution in [2.75, 3.05) is 13.2 Å². The fourth-order valence-corrected chi connectivity index (χ4v) is 3.06. The zero-order valence-electron chi connectivity index (χ0n) is 11.2. The molecule has 0 aliphatic carbocycles. The van der Waals surface area contributed by atoms with Gasteiger partial charge < -0.3 is 5.11 Å². The predicted octanol–water partition coefficient (Wildman–Crippen LogP) is 1.28. The summed E-state index contributed by atoms with van der Waals surface area (Å²) in [5.41, 5.74) is -0.449. The number of benzene rings is 1. The van der Waals surface area contributed by atoms with Gasteiger partial charge >= 0.3 is 0 Å². The molecule has 0 aromatic heterocycles. The fraction of sp³-hybridized carbons (Fsp3) is 0.500. The van der Waals surface area contributed by atoms with Crippen molar-refractivity contribution >= 4 is 15.7 Å². The van der Waals surface area contributed by atoms with E-state index >= 15 is 0 Å². The fourth-order valence-electron chi connectivity index (χ4n) is 1.77. The molecule has 1 rings (SSSR count). The van der Waals surface area contributed by atoms with Crippen molar-refractivity contribution in [3.63, 3.8) is 0 Å². The third-order valence-electron chi connectivity index (χ3n) is 3.03.